The van der Waals surface area contributed by atoms with Crippen LogP contribution in [0.5, 0.6) is 0 Å². The number of hydrogen-bond donors (Lipinski definition) is 0. The Labute approximate surface area is 93.9 Å². The Kier molecular flexibility index (Phi) is 3.54. The molecular weight excluding hydrogens is 263 g/mol. The van der Waals surface area contributed by atoms with E-state index in [-0.39, 0.29) is 10.6 Å². The average molecular weight is 269 g/mol. The quantitative estimate of drug-likeness (QED) is 0.773. The first kappa shape index (κ1) is 12.9. The molecule has 9 heteroatoms. The molecular formula is C7H6F3N3OS2. The van der Waals surface area contributed by atoms with Crippen LogP contribution in [0.1, 0.15) is 9.88 Å². The molecule has 0 aliphatic rings. The maximum Gasteiger partial charge on any atom is 0.443 e. The van der Waals surface area contributed by atoms with Gasteiger partial charge in [0.2, 0.25) is 6.19 Å². The second-order valence-corrected chi connectivity index (χ2v) is 6.43. The van der Waals surface area contributed by atoms with Gasteiger partial charge in [0.25, 0.3) is 0 Å². The first-order valence-electron chi connectivity index (χ1n) is 3.84. The Morgan fingerprint density at radius 1 is 1.69 bits per heavy atom. The van der Waals surface area contributed by atoms with E-state index in [9.17, 15) is 17.4 Å². The third kappa shape index (κ3) is 3.46. The number of rotatable bonds is 2. The van der Waals surface area contributed by atoms with Crippen molar-refractivity contribution in [3.05, 3.63) is 16.1 Å². The van der Waals surface area contributed by atoms with E-state index in [2.05, 4.69) is 9.35 Å². The van der Waals surface area contributed by atoms with E-state index in [0.29, 0.717) is 11.3 Å². The molecule has 0 fully saturated rings. The van der Waals surface area contributed by atoms with E-state index in [0.717, 1.165) is 6.20 Å². The molecule has 0 bridgehead atoms. The predicted molar refractivity (Wildman–Crippen MR) is 52.9 cm³/mol. The lowest BCUT2D eigenvalue weighted by atomic mass is 10.6. The average Bonchev–Trinajstić information content (AvgIpc) is 2.50. The predicted octanol–water partition coefficient (Wildman–Crippen LogP) is 2.24. The Balaban J connectivity index is 2.95. The van der Waals surface area contributed by atoms with Crippen molar-refractivity contribution in [1.82, 2.24) is 4.98 Å². The molecule has 1 atom stereocenters. The fourth-order valence-electron chi connectivity index (χ4n) is 0.888. The molecule has 0 aliphatic carbocycles. The van der Waals surface area contributed by atoms with Gasteiger partial charge < -0.3 is 0 Å². The van der Waals surface area contributed by atoms with Gasteiger partial charge in [-0.1, -0.05) is 0 Å². The third-order valence-electron chi connectivity index (χ3n) is 1.44. The van der Waals surface area contributed by atoms with Crippen molar-refractivity contribution in [2.75, 3.05) is 6.26 Å². The first-order valence-corrected chi connectivity index (χ1v) is 6.75. The second kappa shape index (κ2) is 4.39. The molecule has 0 saturated heterocycles. The lowest BCUT2D eigenvalue weighted by molar-refractivity contribution is -0.137. The lowest BCUT2D eigenvalue weighted by Crippen LogP contribution is -2.03. The minimum absolute atomic E-state index is 0.193. The molecule has 0 aliphatic heterocycles. The van der Waals surface area contributed by atoms with Crippen LogP contribution in [-0.2, 0) is 21.7 Å². The van der Waals surface area contributed by atoms with Gasteiger partial charge in [-0.15, -0.1) is 15.7 Å². The molecule has 0 amide bonds. The highest BCUT2D eigenvalue weighted by molar-refractivity contribution is 7.92. The molecule has 1 unspecified atom stereocenters. The van der Waals surface area contributed by atoms with Gasteiger partial charge in [0.1, 0.15) is 0 Å². The molecule has 1 heterocycles. The number of hydrogen-bond acceptors (Lipinski definition) is 5. The third-order valence-corrected chi connectivity index (χ3v) is 3.98. The van der Waals surface area contributed by atoms with Crippen molar-refractivity contribution in [2.45, 2.75) is 11.9 Å². The number of nitriles is 1. The molecule has 16 heavy (non-hydrogen) atoms. The normalized spacial score (nSPS) is 15.2. The molecule has 4 nitrogen and oxygen atoms in total. The fraction of sp³-hybridized carbons (Fsp3) is 0.429. The van der Waals surface area contributed by atoms with Gasteiger partial charge in [-0.3, -0.25) is 0 Å². The Morgan fingerprint density at radius 3 is 2.75 bits per heavy atom. The summed E-state index contributed by atoms with van der Waals surface area (Å²) in [6.07, 6.45) is -0.904. The largest absolute Gasteiger partial charge is 0.443 e. The molecule has 0 spiro atoms. The molecule has 1 aromatic heterocycles. The SMILES string of the molecule is CS(=O)(Cc1cnc(C(F)(F)F)s1)=NC#N. The second-order valence-electron chi connectivity index (χ2n) is 2.92. The maximum absolute atomic E-state index is 12.2. The van der Waals surface area contributed by atoms with Gasteiger partial charge >= 0.3 is 6.18 Å². The number of alkyl halides is 3. The summed E-state index contributed by atoms with van der Waals surface area (Å²) in [5, 5.41) is 7.24. The lowest BCUT2D eigenvalue weighted by Gasteiger charge is -1.99. The zero-order valence-electron chi connectivity index (χ0n) is 7.98. The molecule has 0 aromatic carbocycles. The van der Waals surface area contributed by atoms with Crippen molar-refractivity contribution in [2.24, 2.45) is 4.36 Å². The highest BCUT2D eigenvalue weighted by Gasteiger charge is 2.34. The van der Waals surface area contributed by atoms with Crippen LogP contribution in [0.25, 0.3) is 0 Å². The summed E-state index contributed by atoms with van der Waals surface area (Å²) in [6, 6.07) is 0. The minimum atomic E-state index is -4.50. The zero-order chi connectivity index (χ0) is 12.4. The van der Waals surface area contributed by atoms with E-state index < -0.39 is 20.9 Å². The van der Waals surface area contributed by atoms with E-state index >= 15 is 0 Å². The van der Waals surface area contributed by atoms with Crippen LogP contribution in [0.4, 0.5) is 13.2 Å². The summed E-state index contributed by atoms with van der Waals surface area (Å²) >= 11 is 0.408. The molecule has 1 aromatic rings. The number of halogens is 3. The smallest absolute Gasteiger partial charge is 0.249 e. The van der Waals surface area contributed by atoms with Gasteiger partial charge in [-0.05, 0) is 0 Å². The van der Waals surface area contributed by atoms with Crippen molar-refractivity contribution in [3.8, 4) is 6.19 Å². The first-order chi connectivity index (χ1) is 7.24. The highest BCUT2D eigenvalue weighted by atomic mass is 32.2. The van der Waals surface area contributed by atoms with Gasteiger partial charge in [-0.2, -0.15) is 18.4 Å². The number of aromatic nitrogens is 1. The van der Waals surface area contributed by atoms with E-state index in [1.165, 1.54) is 12.4 Å². The van der Waals surface area contributed by atoms with Crippen molar-refractivity contribution < 1.29 is 17.4 Å². The van der Waals surface area contributed by atoms with Gasteiger partial charge in [-0.25, -0.2) is 9.19 Å². The summed E-state index contributed by atoms with van der Waals surface area (Å²) in [5.74, 6) is -0.200. The van der Waals surface area contributed by atoms with Gasteiger partial charge in [0, 0.05) is 17.3 Å². The Morgan fingerprint density at radius 2 is 2.31 bits per heavy atom. The molecule has 0 N–H and O–H groups in total. The van der Waals surface area contributed by atoms with E-state index in [4.69, 9.17) is 5.26 Å². The minimum Gasteiger partial charge on any atom is -0.249 e. The van der Waals surface area contributed by atoms with Crippen LogP contribution in [0.2, 0.25) is 0 Å². The molecule has 88 valence electrons. The van der Waals surface area contributed by atoms with Crippen LogP contribution >= 0.6 is 11.3 Å². The zero-order valence-corrected chi connectivity index (χ0v) is 9.62. The highest BCUT2D eigenvalue weighted by Crippen LogP contribution is 2.32. The van der Waals surface area contributed by atoms with Crippen LogP contribution in [0, 0.1) is 11.5 Å². The van der Waals surface area contributed by atoms with Crippen LogP contribution < -0.4 is 0 Å². The van der Waals surface area contributed by atoms with Crippen LogP contribution in [0.15, 0.2) is 10.6 Å². The summed E-state index contributed by atoms with van der Waals surface area (Å²) in [5.41, 5.74) is 0. The molecule has 1 rings (SSSR count). The van der Waals surface area contributed by atoms with Crippen molar-refractivity contribution in [3.63, 3.8) is 0 Å². The van der Waals surface area contributed by atoms with Crippen molar-refractivity contribution >= 4 is 21.1 Å². The summed E-state index contributed by atoms with van der Waals surface area (Å²) < 4.78 is 51.2. The van der Waals surface area contributed by atoms with E-state index in [1.807, 2.05) is 0 Å². The van der Waals surface area contributed by atoms with Crippen LogP contribution in [-0.4, -0.2) is 15.4 Å². The van der Waals surface area contributed by atoms with Crippen LogP contribution in [0.3, 0.4) is 0 Å². The maximum atomic E-state index is 12.2. The summed E-state index contributed by atoms with van der Waals surface area (Å²) in [7, 11) is -2.80. The Bertz CT molecular complexity index is 534. The number of nitrogens with zero attached hydrogens (tertiary/aromatic N) is 3. The number of thiazole rings is 1. The fourth-order valence-corrected chi connectivity index (χ4v) is 3.19. The van der Waals surface area contributed by atoms with Crippen molar-refractivity contribution in [1.29, 1.82) is 5.26 Å². The monoisotopic (exact) mass is 269 g/mol. The van der Waals surface area contributed by atoms with E-state index in [1.54, 1.807) is 0 Å². The Hall–Kier alpha value is -1.14. The molecule has 0 radical (unpaired) electrons. The summed E-state index contributed by atoms with van der Waals surface area (Å²) in [6.45, 7) is 0. The van der Waals surface area contributed by atoms with Gasteiger partial charge in [0.15, 0.2) is 5.01 Å². The standard InChI is InChI=1S/C7H6F3N3OS2/c1-16(14,13-4-11)3-5-2-12-6(15-5)7(8,9)10/h2H,3H2,1H3. The topological polar surface area (TPSA) is 66.1 Å². The summed E-state index contributed by atoms with van der Waals surface area (Å²) in [4.78, 5) is 3.37. The molecule has 0 saturated carbocycles. The van der Waals surface area contributed by atoms with Gasteiger partial charge in [0.05, 0.1) is 15.5 Å².